The summed E-state index contributed by atoms with van der Waals surface area (Å²) in [5, 5.41) is 0. The van der Waals surface area contributed by atoms with E-state index >= 15 is 0 Å². The molecule has 0 aromatic heterocycles. The zero-order chi connectivity index (χ0) is 28.3. The molecule has 6 heteroatoms. The Morgan fingerprint density at radius 2 is 1.26 bits per heavy atom. The van der Waals surface area contributed by atoms with E-state index in [0.717, 1.165) is 24.2 Å². The summed E-state index contributed by atoms with van der Waals surface area (Å²) in [6, 6.07) is 16.1. The van der Waals surface area contributed by atoms with Gasteiger partial charge in [0.2, 0.25) is 0 Å². The summed E-state index contributed by atoms with van der Waals surface area (Å²) in [5.74, 6) is 0.873. The van der Waals surface area contributed by atoms with E-state index in [1.807, 2.05) is 64.1 Å². The van der Waals surface area contributed by atoms with Crippen molar-refractivity contribution in [2.45, 2.75) is 78.9 Å². The van der Waals surface area contributed by atoms with E-state index in [2.05, 4.69) is 26.0 Å². The molecule has 0 fully saturated rings. The molecule has 0 N–H and O–H groups in total. The Bertz CT molecular complexity index is 1050. The van der Waals surface area contributed by atoms with Gasteiger partial charge in [-0.3, -0.25) is 4.79 Å². The lowest BCUT2D eigenvalue weighted by Crippen LogP contribution is -2.23. The molecule has 0 bridgehead atoms. The van der Waals surface area contributed by atoms with Gasteiger partial charge in [0.1, 0.15) is 30.8 Å². The first-order valence-electron chi connectivity index (χ1n) is 13.3. The molecular formula is C32H44O6. The van der Waals surface area contributed by atoms with Crippen molar-refractivity contribution in [2.24, 2.45) is 5.41 Å². The van der Waals surface area contributed by atoms with E-state index in [9.17, 15) is 9.59 Å². The largest absolute Gasteiger partial charge is 0.491 e. The third-order valence-electron chi connectivity index (χ3n) is 6.75. The molecule has 38 heavy (non-hydrogen) atoms. The summed E-state index contributed by atoms with van der Waals surface area (Å²) in [4.78, 5) is 24.4. The highest BCUT2D eigenvalue weighted by atomic mass is 16.6. The molecule has 2 aromatic rings. The van der Waals surface area contributed by atoms with Gasteiger partial charge in [-0.15, -0.1) is 0 Å². The molecule has 2 aromatic carbocycles. The molecular weight excluding hydrogens is 480 g/mol. The minimum atomic E-state index is -0.552. The fourth-order valence-electron chi connectivity index (χ4n) is 3.99. The average molecular weight is 525 g/mol. The van der Waals surface area contributed by atoms with Crippen LogP contribution in [0.15, 0.2) is 60.7 Å². The molecule has 0 radical (unpaired) electrons. The number of benzene rings is 2. The standard InChI is InChI=1S/C32H44O6/c1-9-20-31(4,5)29(33)18-19-30(34)38-24(3)22-37-28-16-12-26(13-17-28)32(6,7)25-10-14-27(15-11-25)36-21-23(2)35-8/h10-19,23-24H,9,20-22H2,1-8H3/b19-18+. The monoisotopic (exact) mass is 524 g/mol. The van der Waals surface area contributed by atoms with Gasteiger partial charge in [-0.2, -0.15) is 0 Å². The van der Waals surface area contributed by atoms with Crippen molar-refractivity contribution in [3.63, 3.8) is 0 Å². The van der Waals surface area contributed by atoms with Crippen molar-refractivity contribution in [1.29, 1.82) is 0 Å². The van der Waals surface area contributed by atoms with Crippen LogP contribution >= 0.6 is 0 Å². The van der Waals surface area contributed by atoms with E-state index in [0.29, 0.717) is 12.4 Å². The summed E-state index contributed by atoms with van der Waals surface area (Å²) in [6.45, 7) is 14.6. The molecule has 0 aliphatic carbocycles. The molecule has 0 heterocycles. The normalized spacial score (nSPS) is 13.7. The van der Waals surface area contributed by atoms with Crippen molar-refractivity contribution in [3.05, 3.63) is 71.8 Å². The van der Waals surface area contributed by atoms with Crippen LogP contribution in [0.25, 0.3) is 0 Å². The number of esters is 1. The highest BCUT2D eigenvalue weighted by Crippen LogP contribution is 2.33. The average Bonchev–Trinajstić information content (AvgIpc) is 2.89. The second-order valence-corrected chi connectivity index (χ2v) is 10.9. The fourth-order valence-corrected chi connectivity index (χ4v) is 3.99. The Balaban J connectivity index is 1.89. The Hall–Kier alpha value is -3.12. The number of rotatable bonds is 15. The lowest BCUT2D eigenvalue weighted by Gasteiger charge is -2.26. The van der Waals surface area contributed by atoms with Crippen molar-refractivity contribution in [1.82, 2.24) is 0 Å². The maximum atomic E-state index is 12.3. The van der Waals surface area contributed by atoms with Gasteiger partial charge in [-0.1, -0.05) is 65.3 Å². The molecule has 2 rings (SSSR count). The third-order valence-corrected chi connectivity index (χ3v) is 6.75. The van der Waals surface area contributed by atoms with Crippen molar-refractivity contribution >= 4 is 11.8 Å². The zero-order valence-electron chi connectivity index (χ0n) is 24.2. The highest BCUT2D eigenvalue weighted by Gasteiger charge is 2.25. The Morgan fingerprint density at radius 1 is 0.789 bits per heavy atom. The van der Waals surface area contributed by atoms with Gasteiger partial charge in [0.05, 0.1) is 6.10 Å². The summed E-state index contributed by atoms with van der Waals surface area (Å²) >= 11 is 0. The number of methoxy groups -OCH3 is 1. The Kier molecular flexibility index (Phi) is 11.6. The lowest BCUT2D eigenvalue weighted by atomic mass is 9.78. The maximum Gasteiger partial charge on any atom is 0.331 e. The Morgan fingerprint density at radius 3 is 1.71 bits per heavy atom. The SMILES string of the molecule is CCCC(C)(C)C(=O)/C=C/C(=O)OC(C)COc1ccc(C(C)(C)c2ccc(OCC(C)OC)cc2)cc1. The van der Waals surface area contributed by atoms with Crippen LogP contribution in [-0.4, -0.2) is 44.3 Å². The predicted octanol–water partition coefficient (Wildman–Crippen LogP) is 6.69. The van der Waals surface area contributed by atoms with E-state index in [1.54, 1.807) is 14.0 Å². The number of ketones is 1. The van der Waals surface area contributed by atoms with Gasteiger partial charge in [0.15, 0.2) is 5.78 Å². The first-order valence-corrected chi connectivity index (χ1v) is 13.3. The number of ether oxygens (including phenoxy) is 4. The quantitative estimate of drug-likeness (QED) is 0.191. The number of carbonyl (C=O) groups excluding carboxylic acids is 2. The van der Waals surface area contributed by atoms with Crippen LogP contribution in [0.4, 0.5) is 0 Å². The van der Waals surface area contributed by atoms with Gasteiger partial charge in [0, 0.05) is 24.0 Å². The van der Waals surface area contributed by atoms with Crippen LogP contribution in [-0.2, 0) is 24.5 Å². The van der Waals surface area contributed by atoms with Gasteiger partial charge < -0.3 is 18.9 Å². The molecule has 0 saturated heterocycles. The first-order chi connectivity index (χ1) is 17.9. The summed E-state index contributed by atoms with van der Waals surface area (Å²) in [7, 11) is 1.67. The predicted molar refractivity (Wildman–Crippen MR) is 151 cm³/mol. The Labute approximate surface area is 228 Å². The van der Waals surface area contributed by atoms with Crippen molar-refractivity contribution in [2.75, 3.05) is 20.3 Å². The van der Waals surface area contributed by atoms with Crippen LogP contribution in [0, 0.1) is 5.41 Å². The number of carbonyl (C=O) groups is 2. The van der Waals surface area contributed by atoms with Crippen LogP contribution in [0.2, 0.25) is 0 Å². The van der Waals surface area contributed by atoms with Gasteiger partial charge in [-0.05, 0) is 61.7 Å². The van der Waals surface area contributed by atoms with Crippen LogP contribution in [0.5, 0.6) is 11.5 Å². The molecule has 6 nitrogen and oxygen atoms in total. The van der Waals surface area contributed by atoms with Gasteiger partial charge >= 0.3 is 5.97 Å². The van der Waals surface area contributed by atoms with Crippen LogP contribution in [0.3, 0.4) is 0 Å². The molecule has 2 atom stereocenters. The van der Waals surface area contributed by atoms with Gasteiger partial charge in [-0.25, -0.2) is 4.79 Å². The second kappa shape index (κ2) is 14.1. The summed E-state index contributed by atoms with van der Waals surface area (Å²) in [6.07, 6.45) is 3.76. The third kappa shape index (κ3) is 9.32. The molecule has 2 unspecified atom stereocenters. The van der Waals surface area contributed by atoms with Crippen molar-refractivity contribution in [3.8, 4) is 11.5 Å². The van der Waals surface area contributed by atoms with Crippen molar-refractivity contribution < 1.29 is 28.5 Å². The zero-order valence-corrected chi connectivity index (χ0v) is 24.2. The maximum absolute atomic E-state index is 12.3. The van der Waals surface area contributed by atoms with Gasteiger partial charge in [0.25, 0.3) is 0 Å². The molecule has 0 saturated carbocycles. The molecule has 0 aliphatic rings. The smallest absolute Gasteiger partial charge is 0.331 e. The minimum absolute atomic E-state index is 0.0392. The molecule has 0 aliphatic heterocycles. The lowest BCUT2D eigenvalue weighted by molar-refractivity contribution is -0.143. The highest BCUT2D eigenvalue weighted by molar-refractivity contribution is 5.98. The van der Waals surface area contributed by atoms with E-state index in [4.69, 9.17) is 18.9 Å². The fraction of sp³-hybridized carbons (Fsp3) is 0.500. The number of allylic oxidation sites excluding steroid dienone is 1. The minimum Gasteiger partial charge on any atom is -0.491 e. The summed E-state index contributed by atoms with van der Waals surface area (Å²) in [5.41, 5.74) is 1.62. The van der Waals surface area contributed by atoms with Crippen LogP contribution < -0.4 is 9.47 Å². The number of hydrogen-bond donors (Lipinski definition) is 0. The van der Waals surface area contributed by atoms with E-state index < -0.39 is 17.5 Å². The molecule has 0 amide bonds. The first kappa shape index (κ1) is 31.1. The topological polar surface area (TPSA) is 71.1 Å². The second-order valence-electron chi connectivity index (χ2n) is 10.9. The molecule has 0 spiro atoms. The molecule has 208 valence electrons. The van der Waals surface area contributed by atoms with E-state index in [1.165, 1.54) is 17.7 Å². The van der Waals surface area contributed by atoms with Crippen LogP contribution in [0.1, 0.15) is 72.4 Å². The summed E-state index contributed by atoms with van der Waals surface area (Å²) < 4.78 is 22.2. The van der Waals surface area contributed by atoms with E-state index in [-0.39, 0.29) is 23.9 Å². The number of hydrogen-bond acceptors (Lipinski definition) is 6.